The Balaban J connectivity index is 1.82. The van der Waals surface area contributed by atoms with Crippen LogP contribution in [0.5, 0.6) is 5.75 Å². The van der Waals surface area contributed by atoms with Gasteiger partial charge in [0.15, 0.2) is 0 Å². The Morgan fingerprint density at radius 2 is 2.03 bits per heavy atom. The van der Waals surface area contributed by atoms with Gasteiger partial charge in [-0.1, -0.05) is 0 Å². The smallest absolute Gasteiger partial charge is 0.255 e. The number of aromatic nitrogens is 2. The van der Waals surface area contributed by atoms with E-state index in [2.05, 4.69) is 39.3 Å². The molecular weight excluding hydrogens is 440 g/mol. The number of hydrogen-bond acceptors (Lipinski definition) is 5. The second kappa shape index (κ2) is 9.06. The molecule has 7 nitrogen and oxygen atoms in total. The fraction of sp³-hybridized carbons (Fsp3) is 0.360. The monoisotopic (exact) mass is 469 g/mol. The number of likely N-dealkylation sites (N-methyl/N-ethyl adjacent to an activating group) is 1. The molecule has 9 heteroatoms. The van der Waals surface area contributed by atoms with E-state index in [1.165, 1.54) is 6.07 Å². The maximum atomic E-state index is 14.3. The number of ether oxygens (including phenoxy) is 1. The van der Waals surface area contributed by atoms with Gasteiger partial charge in [0, 0.05) is 53.3 Å². The summed E-state index contributed by atoms with van der Waals surface area (Å²) in [6.07, 6.45) is 3.86. The van der Waals surface area contributed by atoms with E-state index in [0.29, 0.717) is 47.8 Å². The highest BCUT2D eigenvalue weighted by molar-refractivity contribution is 6.06. The summed E-state index contributed by atoms with van der Waals surface area (Å²) in [5.41, 5.74) is 3.12. The van der Waals surface area contributed by atoms with Crippen molar-refractivity contribution in [3.05, 3.63) is 59.0 Å². The molecule has 3 heterocycles. The molecule has 1 aliphatic rings. The van der Waals surface area contributed by atoms with Crippen LogP contribution in [0, 0.1) is 18.6 Å². The minimum atomic E-state index is -0.708. The fourth-order valence-corrected chi connectivity index (χ4v) is 3.70. The molecule has 1 amide bonds. The molecule has 0 bridgehead atoms. The van der Waals surface area contributed by atoms with Gasteiger partial charge >= 0.3 is 0 Å². The van der Waals surface area contributed by atoms with Gasteiger partial charge in [-0.3, -0.25) is 9.78 Å². The summed E-state index contributed by atoms with van der Waals surface area (Å²) in [6.45, 7) is 6.58. The van der Waals surface area contributed by atoms with E-state index in [1.54, 1.807) is 25.4 Å². The summed E-state index contributed by atoms with van der Waals surface area (Å²) in [5, 5.41) is 5.96. The molecule has 1 aromatic carbocycles. The van der Waals surface area contributed by atoms with E-state index in [9.17, 15) is 13.6 Å². The zero-order chi connectivity index (χ0) is 24.6. The van der Waals surface area contributed by atoms with Gasteiger partial charge in [-0.05, 0) is 47.0 Å². The molecule has 2 aromatic heterocycles. The lowest BCUT2D eigenvalue weighted by Gasteiger charge is -2.32. The normalized spacial score (nSPS) is 13.6. The zero-order valence-electron chi connectivity index (χ0n) is 20.0. The number of benzene rings is 1. The maximum absolute atomic E-state index is 14.3. The van der Waals surface area contributed by atoms with Gasteiger partial charge in [0.1, 0.15) is 24.0 Å². The van der Waals surface area contributed by atoms with Crippen LogP contribution in [0.3, 0.4) is 0 Å². The SMILES string of the molecule is Cc1c(F)cc(F)cc1Nc1c(-c2ccncc2OCC(C)(C)N(C)C)[nH]c2c1C(=O)NCC2. The Morgan fingerprint density at radius 1 is 1.26 bits per heavy atom. The van der Waals surface area contributed by atoms with Gasteiger partial charge in [-0.25, -0.2) is 8.78 Å². The minimum Gasteiger partial charge on any atom is -0.489 e. The molecule has 0 aliphatic carbocycles. The lowest BCUT2D eigenvalue weighted by atomic mass is 10.0. The van der Waals surface area contributed by atoms with Crippen molar-refractivity contribution in [1.82, 2.24) is 20.2 Å². The van der Waals surface area contributed by atoms with Crippen LogP contribution in [0.4, 0.5) is 20.2 Å². The largest absolute Gasteiger partial charge is 0.489 e. The number of aromatic amines is 1. The van der Waals surface area contributed by atoms with Gasteiger partial charge in [0.2, 0.25) is 0 Å². The molecule has 1 aliphatic heterocycles. The van der Waals surface area contributed by atoms with Crippen molar-refractivity contribution < 1.29 is 18.3 Å². The summed E-state index contributed by atoms with van der Waals surface area (Å²) >= 11 is 0. The molecule has 0 saturated carbocycles. The maximum Gasteiger partial charge on any atom is 0.255 e. The number of nitrogens with one attached hydrogen (secondary N) is 3. The van der Waals surface area contributed by atoms with Gasteiger partial charge in [-0.2, -0.15) is 0 Å². The summed E-state index contributed by atoms with van der Waals surface area (Å²) in [6, 6.07) is 3.84. The lowest BCUT2D eigenvalue weighted by Crippen LogP contribution is -2.43. The average molecular weight is 470 g/mol. The Bertz CT molecular complexity index is 1240. The van der Waals surface area contributed by atoms with E-state index < -0.39 is 11.6 Å². The predicted molar refractivity (Wildman–Crippen MR) is 128 cm³/mol. The molecule has 0 radical (unpaired) electrons. The Hall–Kier alpha value is -3.46. The highest BCUT2D eigenvalue weighted by atomic mass is 19.1. The van der Waals surface area contributed by atoms with Crippen LogP contribution in [-0.2, 0) is 6.42 Å². The molecule has 0 saturated heterocycles. The average Bonchev–Trinajstić information content (AvgIpc) is 3.15. The fourth-order valence-electron chi connectivity index (χ4n) is 3.70. The number of carbonyl (C=O) groups is 1. The number of fused-ring (bicyclic) bond motifs is 1. The van der Waals surface area contributed by atoms with Gasteiger partial charge in [-0.15, -0.1) is 0 Å². The van der Waals surface area contributed by atoms with Gasteiger partial charge < -0.3 is 25.3 Å². The first-order valence-corrected chi connectivity index (χ1v) is 11.1. The van der Waals surface area contributed by atoms with E-state index in [1.807, 2.05) is 14.1 Å². The third-order valence-corrected chi connectivity index (χ3v) is 6.38. The first kappa shape index (κ1) is 23.7. The number of H-pyrrole nitrogens is 1. The number of nitrogens with zero attached hydrogens (tertiary/aromatic N) is 2. The predicted octanol–water partition coefficient (Wildman–Crippen LogP) is 4.41. The number of rotatable bonds is 7. The second-order valence-corrected chi connectivity index (χ2v) is 9.29. The number of pyridine rings is 1. The summed E-state index contributed by atoms with van der Waals surface area (Å²) < 4.78 is 34.4. The van der Waals surface area contributed by atoms with E-state index in [-0.39, 0.29) is 22.7 Å². The van der Waals surface area contributed by atoms with Crippen molar-refractivity contribution in [2.75, 3.05) is 32.6 Å². The Kier molecular flexibility index (Phi) is 6.31. The molecule has 3 N–H and O–H groups in total. The van der Waals surface area contributed by atoms with Crippen molar-refractivity contribution in [3.63, 3.8) is 0 Å². The molecule has 180 valence electrons. The third kappa shape index (κ3) is 4.48. The van der Waals surface area contributed by atoms with Crippen LogP contribution in [-0.4, -0.2) is 53.6 Å². The number of hydrogen-bond donors (Lipinski definition) is 3. The van der Waals surface area contributed by atoms with Crippen LogP contribution >= 0.6 is 0 Å². The quantitative estimate of drug-likeness (QED) is 0.478. The first-order valence-electron chi connectivity index (χ1n) is 11.1. The standard InChI is InChI=1S/C25H29F2N5O2/c1-14-17(27)10-15(26)11-19(14)31-23-21-18(7-9-29-24(21)33)30-22(23)16-6-8-28-12-20(16)34-13-25(2,3)32(4)5/h6,8,10-12,30-31H,7,9,13H2,1-5H3,(H,29,33). The summed E-state index contributed by atoms with van der Waals surface area (Å²) in [7, 11) is 3.96. The minimum absolute atomic E-state index is 0.237. The van der Waals surface area contributed by atoms with E-state index >= 15 is 0 Å². The Labute approximate surface area is 197 Å². The molecule has 34 heavy (non-hydrogen) atoms. The van der Waals surface area contributed by atoms with Crippen LogP contribution < -0.4 is 15.4 Å². The van der Waals surface area contributed by atoms with Gasteiger partial charge in [0.25, 0.3) is 5.91 Å². The van der Waals surface area contributed by atoms with Crippen molar-refractivity contribution in [2.45, 2.75) is 32.7 Å². The highest BCUT2D eigenvalue weighted by Crippen LogP contribution is 2.41. The van der Waals surface area contributed by atoms with E-state index in [0.717, 1.165) is 11.8 Å². The molecule has 0 atom stereocenters. The molecule has 4 rings (SSSR count). The number of halogens is 2. The van der Waals surface area contributed by atoms with Gasteiger partial charge in [0.05, 0.1) is 23.1 Å². The highest BCUT2D eigenvalue weighted by Gasteiger charge is 2.29. The molecule has 0 fully saturated rings. The molecule has 0 unspecified atom stereocenters. The number of amides is 1. The summed E-state index contributed by atoms with van der Waals surface area (Å²) in [4.78, 5) is 22.4. The first-order chi connectivity index (χ1) is 16.1. The van der Waals surface area contributed by atoms with Crippen LogP contribution in [0.1, 0.15) is 35.5 Å². The zero-order valence-corrected chi connectivity index (χ0v) is 20.0. The lowest BCUT2D eigenvalue weighted by molar-refractivity contribution is 0.0947. The number of carbonyl (C=O) groups excluding carboxylic acids is 1. The summed E-state index contributed by atoms with van der Waals surface area (Å²) in [5.74, 6) is -1.11. The van der Waals surface area contributed by atoms with Crippen LogP contribution in [0.15, 0.2) is 30.6 Å². The molecule has 3 aromatic rings. The van der Waals surface area contributed by atoms with Crippen molar-refractivity contribution >= 4 is 17.3 Å². The Morgan fingerprint density at radius 3 is 2.76 bits per heavy atom. The van der Waals surface area contributed by atoms with Crippen molar-refractivity contribution in [2.24, 2.45) is 0 Å². The van der Waals surface area contributed by atoms with Crippen LogP contribution in [0.2, 0.25) is 0 Å². The third-order valence-electron chi connectivity index (χ3n) is 6.38. The topological polar surface area (TPSA) is 82.3 Å². The molecular formula is C25H29F2N5O2. The molecule has 0 spiro atoms. The van der Waals surface area contributed by atoms with Crippen LogP contribution in [0.25, 0.3) is 11.3 Å². The second-order valence-electron chi connectivity index (χ2n) is 9.29. The van der Waals surface area contributed by atoms with Crippen molar-refractivity contribution in [3.8, 4) is 17.0 Å². The number of anilines is 2. The van der Waals surface area contributed by atoms with E-state index in [4.69, 9.17) is 4.74 Å². The van der Waals surface area contributed by atoms with Crippen molar-refractivity contribution in [1.29, 1.82) is 0 Å².